The monoisotopic (exact) mass is 212 g/mol. The van der Waals surface area contributed by atoms with Crippen molar-refractivity contribution in [1.29, 1.82) is 5.41 Å². The largest absolute Gasteiger partial charge is 0.387 e. The third kappa shape index (κ3) is 2.85. The van der Waals surface area contributed by atoms with Gasteiger partial charge in [0, 0.05) is 12.7 Å². The van der Waals surface area contributed by atoms with E-state index in [-0.39, 0.29) is 17.2 Å². The molecule has 0 aliphatic carbocycles. The van der Waals surface area contributed by atoms with Crippen molar-refractivity contribution in [3.05, 3.63) is 29.8 Å². The maximum atomic E-state index is 11.2. The zero-order valence-electron chi connectivity index (χ0n) is 7.82. The lowest BCUT2D eigenvalue weighted by Gasteiger charge is -2.02. The average molecular weight is 212 g/mol. The van der Waals surface area contributed by atoms with E-state index in [1.807, 2.05) is 0 Å². The Balaban J connectivity index is 3.08. The molecule has 1 aromatic carbocycles. The lowest BCUT2D eigenvalue weighted by atomic mass is 10.1. The summed E-state index contributed by atoms with van der Waals surface area (Å²) in [4.78, 5) is 0.260. The van der Waals surface area contributed by atoms with Crippen LogP contribution in [0.5, 0.6) is 0 Å². The Morgan fingerprint density at radius 3 is 2.64 bits per heavy atom. The number of hydrogen-bond acceptors (Lipinski definition) is 3. The van der Waals surface area contributed by atoms with E-state index in [2.05, 4.69) is 0 Å². The number of hydrogen-bond donors (Lipinski definition) is 2. The van der Waals surface area contributed by atoms with E-state index in [1.54, 1.807) is 12.1 Å². The molecule has 0 atom stereocenters. The third-order valence-electron chi connectivity index (χ3n) is 1.72. The predicted octanol–water partition coefficient (Wildman–Crippen LogP) is 0.569. The van der Waals surface area contributed by atoms with Gasteiger partial charge in [0.2, 0.25) is 0 Å². The molecule has 0 aromatic heterocycles. The summed E-state index contributed by atoms with van der Waals surface area (Å²) < 4.78 is 22.4. The first kappa shape index (κ1) is 10.7. The molecule has 14 heavy (non-hydrogen) atoms. The maximum absolute atomic E-state index is 11.2. The highest BCUT2D eigenvalue weighted by Crippen LogP contribution is 2.11. The van der Waals surface area contributed by atoms with Gasteiger partial charge in [-0.1, -0.05) is 12.1 Å². The number of sulfone groups is 1. The first-order valence-electron chi connectivity index (χ1n) is 4.01. The molecule has 0 amide bonds. The molecule has 0 radical (unpaired) electrons. The number of nitrogens with one attached hydrogen (secondary N) is 1. The summed E-state index contributed by atoms with van der Waals surface area (Å²) in [5, 5.41) is 7.09. The molecule has 0 saturated heterocycles. The molecule has 1 aromatic rings. The molecule has 4 nitrogen and oxygen atoms in total. The SMILES string of the molecule is CS(=O)(=O)c1cccc(CC(=N)N)c1. The van der Waals surface area contributed by atoms with Crippen molar-refractivity contribution in [1.82, 2.24) is 0 Å². The van der Waals surface area contributed by atoms with Crippen LogP contribution in [0.2, 0.25) is 0 Å². The van der Waals surface area contributed by atoms with Crippen LogP contribution in [0.25, 0.3) is 0 Å². The van der Waals surface area contributed by atoms with E-state index < -0.39 is 9.84 Å². The smallest absolute Gasteiger partial charge is 0.175 e. The van der Waals surface area contributed by atoms with Gasteiger partial charge >= 0.3 is 0 Å². The number of benzene rings is 1. The minimum absolute atomic E-state index is 0.0238. The Kier molecular flexibility index (Phi) is 2.90. The highest BCUT2D eigenvalue weighted by atomic mass is 32.2. The predicted molar refractivity (Wildman–Crippen MR) is 55.2 cm³/mol. The van der Waals surface area contributed by atoms with Crippen LogP contribution >= 0.6 is 0 Å². The Bertz CT molecular complexity index is 452. The molecule has 1 rings (SSSR count). The molecule has 0 aliphatic heterocycles. The van der Waals surface area contributed by atoms with Crippen molar-refractivity contribution in [2.45, 2.75) is 11.3 Å². The van der Waals surface area contributed by atoms with E-state index in [0.717, 1.165) is 11.8 Å². The van der Waals surface area contributed by atoms with Gasteiger partial charge in [-0.05, 0) is 17.7 Å². The Morgan fingerprint density at radius 1 is 1.50 bits per heavy atom. The van der Waals surface area contributed by atoms with Gasteiger partial charge < -0.3 is 5.73 Å². The fraction of sp³-hybridized carbons (Fsp3) is 0.222. The topological polar surface area (TPSA) is 84.0 Å². The van der Waals surface area contributed by atoms with E-state index in [9.17, 15) is 8.42 Å². The lowest BCUT2D eigenvalue weighted by molar-refractivity contribution is 0.602. The van der Waals surface area contributed by atoms with Gasteiger partial charge in [0.1, 0.15) is 0 Å². The van der Waals surface area contributed by atoms with Crippen molar-refractivity contribution in [2.75, 3.05) is 6.26 Å². The van der Waals surface area contributed by atoms with Crippen LogP contribution in [0.15, 0.2) is 29.2 Å². The number of nitrogens with two attached hydrogens (primary N) is 1. The van der Waals surface area contributed by atoms with Crippen LogP contribution in [0, 0.1) is 5.41 Å². The Morgan fingerprint density at radius 2 is 2.14 bits per heavy atom. The normalized spacial score (nSPS) is 11.2. The minimum Gasteiger partial charge on any atom is -0.387 e. The average Bonchev–Trinajstić information content (AvgIpc) is 2.01. The highest BCUT2D eigenvalue weighted by molar-refractivity contribution is 7.90. The molecule has 0 spiro atoms. The second-order valence-corrected chi connectivity index (χ2v) is 5.14. The van der Waals surface area contributed by atoms with Crippen molar-refractivity contribution >= 4 is 15.7 Å². The lowest BCUT2D eigenvalue weighted by Crippen LogP contribution is -2.12. The Hall–Kier alpha value is -1.36. The van der Waals surface area contributed by atoms with Crippen LogP contribution in [0.1, 0.15) is 5.56 Å². The van der Waals surface area contributed by atoms with Gasteiger partial charge in [0.05, 0.1) is 10.7 Å². The van der Waals surface area contributed by atoms with E-state index >= 15 is 0 Å². The van der Waals surface area contributed by atoms with E-state index in [4.69, 9.17) is 11.1 Å². The molecule has 76 valence electrons. The van der Waals surface area contributed by atoms with E-state index in [0.29, 0.717) is 0 Å². The summed E-state index contributed by atoms with van der Waals surface area (Å²) in [5.74, 6) is 0.0238. The van der Waals surface area contributed by atoms with Gasteiger partial charge in [-0.2, -0.15) is 0 Å². The molecular weight excluding hydrogens is 200 g/mol. The summed E-state index contributed by atoms with van der Waals surface area (Å²) in [7, 11) is -3.17. The Labute approximate surface area is 83.2 Å². The summed E-state index contributed by atoms with van der Waals surface area (Å²) in [6, 6.07) is 6.46. The summed E-state index contributed by atoms with van der Waals surface area (Å²) in [5.41, 5.74) is 5.95. The van der Waals surface area contributed by atoms with Crippen LogP contribution < -0.4 is 5.73 Å². The van der Waals surface area contributed by atoms with Crippen molar-refractivity contribution in [3.8, 4) is 0 Å². The van der Waals surface area contributed by atoms with Crippen LogP contribution in [0.3, 0.4) is 0 Å². The molecule has 0 aliphatic rings. The van der Waals surface area contributed by atoms with Crippen molar-refractivity contribution < 1.29 is 8.42 Å². The summed E-state index contributed by atoms with van der Waals surface area (Å²) in [6.07, 6.45) is 1.43. The highest BCUT2D eigenvalue weighted by Gasteiger charge is 2.07. The third-order valence-corrected chi connectivity index (χ3v) is 2.83. The fourth-order valence-electron chi connectivity index (χ4n) is 1.11. The molecule has 3 N–H and O–H groups in total. The molecular formula is C9H12N2O2S. The summed E-state index contributed by atoms with van der Waals surface area (Å²) >= 11 is 0. The number of amidine groups is 1. The number of rotatable bonds is 3. The quantitative estimate of drug-likeness (QED) is 0.567. The van der Waals surface area contributed by atoms with Crippen LogP contribution in [0.4, 0.5) is 0 Å². The fourth-order valence-corrected chi connectivity index (χ4v) is 1.80. The van der Waals surface area contributed by atoms with Crippen LogP contribution in [-0.2, 0) is 16.3 Å². The zero-order valence-corrected chi connectivity index (χ0v) is 8.64. The van der Waals surface area contributed by atoms with Crippen LogP contribution in [-0.4, -0.2) is 20.5 Å². The molecule has 0 heterocycles. The first-order valence-corrected chi connectivity index (χ1v) is 5.90. The first-order chi connectivity index (χ1) is 6.39. The standard InChI is InChI=1S/C9H12N2O2S/c1-14(12,13)8-4-2-3-7(5-8)6-9(10)11/h2-5H,6H2,1H3,(H3,10,11). The van der Waals surface area contributed by atoms with Crippen molar-refractivity contribution in [2.24, 2.45) is 5.73 Å². The van der Waals surface area contributed by atoms with Crippen molar-refractivity contribution in [3.63, 3.8) is 0 Å². The molecule has 0 fully saturated rings. The maximum Gasteiger partial charge on any atom is 0.175 e. The van der Waals surface area contributed by atoms with Gasteiger partial charge in [0.25, 0.3) is 0 Å². The van der Waals surface area contributed by atoms with Gasteiger partial charge in [-0.15, -0.1) is 0 Å². The van der Waals surface area contributed by atoms with Gasteiger partial charge in [-0.25, -0.2) is 8.42 Å². The summed E-state index contributed by atoms with van der Waals surface area (Å²) in [6.45, 7) is 0. The molecule has 0 saturated carbocycles. The second-order valence-electron chi connectivity index (χ2n) is 3.12. The zero-order chi connectivity index (χ0) is 10.8. The molecule has 0 bridgehead atoms. The second kappa shape index (κ2) is 3.79. The van der Waals surface area contributed by atoms with Gasteiger partial charge in [0.15, 0.2) is 9.84 Å². The van der Waals surface area contributed by atoms with E-state index in [1.165, 1.54) is 12.1 Å². The van der Waals surface area contributed by atoms with Gasteiger partial charge in [-0.3, -0.25) is 5.41 Å². The molecule has 5 heteroatoms. The minimum atomic E-state index is -3.17. The molecule has 0 unspecified atom stereocenters.